The lowest BCUT2D eigenvalue weighted by Gasteiger charge is -2.35. The third-order valence-corrected chi connectivity index (χ3v) is 6.65. The van der Waals surface area contributed by atoms with E-state index in [1.54, 1.807) is 11.1 Å². The van der Waals surface area contributed by atoms with Gasteiger partial charge in [-0.25, -0.2) is 4.79 Å². The van der Waals surface area contributed by atoms with Gasteiger partial charge in [0.1, 0.15) is 12.7 Å². The number of esters is 2. The molecule has 1 N–H and O–H groups in total. The van der Waals surface area contributed by atoms with Crippen molar-refractivity contribution in [2.75, 3.05) is 13.2 Å². The Morgan fingerprint density at radius 2 is 2.03 bits per heavy atom. The summed E-state index contributed by atoms with van der Waals surface area (Å²) in [5.74, 6) is -0.733. The highest BCUT2D eigenvalue weighted by Crippen LogP contribution is 2.42. The average molecular weight is 445 g/mol. The van der Waals surface area contributed by atoms with Gasteiger partial charge in [0.25, 0.3) is 0 Å². The average Bonchev–Trinajstić information content (AvgIpc) is 3.08. The number of aliphatic hydroxyl groups is 1. The van der Waals surface area contributed by atoms with Gasteiger partial charge >= 0.3 is 11.9 Å². The molecule has 0 aromatic heterocycles. The number of hydrogen-bond donors (Lipinski definition) is 1. The highest BCUT2D eigenvalue weighted by atomic mass is 16.5. The Hall–Kier alpha value is -2.14. The summed E-state index contributed by atoms with van der Waals surface area (Å²) in [6.45, 7) is 10.7. The van der Waals surface area contributed by atoms with Crippen molar-refractivity contribution < 1.29 is 24.2 Å². The maximum absolute atomic E-state index is 11.5. The Morgan fingerprint density at radius 1 is 1.28 bits per heavy atom. The second-order valence-electron chi connectivity index (χ2n) is 9.77. The van der Waals surface area contributed by atoms with Crippen molar-refractivity contribution in [2.45, 2.75) is 92.1 Å². The van der Waals surface area contributed by atoms with E-state index in [9.17, 15) is 14.7 Å². The summed E-state index contributed by atoms with van der Waals surface area (Å²) in [5, 5.41) is 9.39. The molecule has 0 saturated heterocycles. The van der Waals surface area contributed by atoms with Gasteiger partial charge in [-0.05, 0) is 69.8 Å². The van der Waals surface area contributed by atoms with Crippen LogP contribution in [0.3, 0.4) is 0 Å². The van der Waals surface area contributed by atoms with Crippen molar-refractivity contribution in [3.63, 3.8) is 0 Å². The molecule has 5 heteroatoms. The number of ether oxygens (including phenoxy) is 2. The Kier molecular flexibility index (Phi) is 9.95. The summed E-state index contributed by atoms with van der Waals surface area (Å²) in [6.07, 6.45) is 13.3. The molecule has 0 radical (unpaired) electrons. The van der Waals surface area contributed by atoms with E-state index >= 15 is 0 Å². The number of rotatable bonds is 11. The third-order valence-electron chi connectivity index (χ3n) is 6.65. The van der Waals surface area contributed by atoms with Gasteiger partial charge in [-0.1, -0.05) is 42.7 Å². The predicted molar refractivity (Wildman–Crippen MR) is 127 cm³/mol. The molecule has 0 aromatic rings. The minimum absolute atomic E-state index is 0.196. The summed E-state index contributed by atoms with van der Waals surface area (Å²) < 4.78 is 10.4. The van der Waals surface area contributed by atoms with Crippen LogP contribution in [0.15, 0.2) is 46.1 Å². The van der Waals surface area contributed by atoms with Gasteiger partial charge in [0.2, 0.25) is 0 Å². The third kappa shape index (κ3) is 8.09. The quantitative estimate of drug-likeness (QED) is 0.325. The molecule has 0 amide bonds. The molecule has 32 heavy (non-hydrogen) atoms. The fraction of sp³-hybridized carbons (Fsp3) is 0.630. The molecule has 0 fully saturated rings. The predicted octanol–water partition coefficient (Wildman–Crippen LogP) is 5.74. The molecule has 0 bridgehead atoms. The van der Waals surface area contributed by atoms with E-state index in [1.165, 1.54) is 37.8 Å². The number of carbonyl (C=O) groups is 2. The second kappa shape index (κ2) is 12.2. The van der Waals surface area contributed by atoms with E-state index in [0.29, 0.717) is 17.4 Å². The standard InChI is InChI=1S/C27H40O5/c1-19(11-13-24-20(2)9-7-15-27(24,4)5)8-6-10-22(18-31-21(3)29)12-14-25-23(17-28)16-26(30)32-25/h8,12,16,25,28H,6-7,9-11,13-15,17-18H2,1-5H3/b19-8+,22-12+/t25-/m1/s1. The van der Waals surface area contributed by atoms with Crippen LogP contribution in [0, 0.1) is 5.41 Å². The maximum atomic E-state index is 11.5. The Morgan fingerprint density at radius 3 is 2.69 bits per heavy atom. The number of aliphatic hydroxyl groups excluding tert-OH is 1. The van der Waals surface area contributed by atoms with E-state index < -0.39 is 12.1 Å². The fourth-order valence-corrected chi connectivity index (χ4v) is 4.70. The summed E-state index contributed by atoms with van der Waals surface area (Å²) in [6, 6.07) is 0. The Balaban J connectivity index is 1.92. The molecule has 1 aliphatic carbocycles. The van der Waals surface area contributed by atoms with Crippen molar-refractivity contribution in [2.24, 2.45) is 5.41 Å². The number of allylic oxidation sites excluding steroid dienone is 4. The zero-order valence-corrected chi connectivity index (χ0v) is 20.5. The Bertz CT molecular complexity index is 810. The van der Waals surface area contributed by atoms with Crippen LogP contribution >= 0.6 is 0 Å². The van der Waals surface area contributed by atoms with Crippen molar-refractivity contribution in [1.82, 2.24) is 0 Å². The molecular formula is C27H40O5. The zero-order chi connectivity index (χ0) is 23.7. The van der Waals surface area contributed by atoms with Gasteiger partial charge in [0.05, 0.1) is 6.61 Å². The SMILES string of the molecule is CC(=O)OC/C(=C/C[C@H]1OC(=O)C=C1CO)CC/C=C(\C)CCC1=C(C)CCCC1(C)C. The normalized spacial score (nSPS) is 21.5. The van der Waals surface area contributed by atoms with Crippen LogP contribution in [-0.4, -0.2) is 36.4 Å². The second-order valence-corrected chi connectivity index (χ2v) is 9.77. The highest BCUT2D eigenvalue weighted by Gasteiger charge is 2.27. The van der Waals surface area contributed by atoms with Gasteiger partial charge in [0.15, 0.2) is 0 Å². The first-order valence-corrected chi connectivity index (χ1v) is 11.8. The zero-order valence-electron chi connectivity index (χ0n) is 20.5. The van der Waals surface area contributed by atoms with Gasteiger partial charge in [-0.15, -0.1) is 0 Å². The smallest absolute Gasteiger partial charge is 0.331 e. The highest BCUT2D eigenvalue weighted by molar-refractivity contribution is 5.85. The van der Waals surface area contributed by atoms with E-state index in [0.717, 1.165) is 31.3 Å². The van der Waals surface area contributed by atoms with Gasteiger partial charge < -0.3 is 14.6 Å². The lowest BCUT2D eigenvalue weighted by atomic mass is 9.71. The van der Waals surface area contributed by atoms with Crippen molar-refractivity contribution in [3.05, 3.63) is 46.1 Å². The Labute approximate surface area is 193 Å². The molecule has 2 aliphatic rings. The maximum Gasteiger partial charge on any atom is 0.331 e. The molecule has 0 saturated carbocycles. The summed E-state index contributed by atoms with van der Waals surface area (Å²) in [4.78, 5) is 22.7. The first kappa shape index (κ1) is 26.1. The largest absolute Gasteiger partial charge is 0.461 e. The van der Waals surface area contributed by atoms with Crippen LogP contribution in [0.25, 0.3) is 0 Å². The minimum atomic E-state index is -0.438. The number of cyclic esters (lactones) is 1. The van der Waals surface area contributed by atoms with Crippen LogP contribution in [-0.2, 0) is 19.1 Å². The van der Waals surface area contributed by atoms with Gasteiger partial charge in [-0.3, -0.25) is 4.79 Å². The molecule has 0 spiro atoms. The number of hydrogen-bond acceptors (Lipinski definition) is 5. The first-order valence-electron chi connectivity index (χ1n) is 11.8. The minimum Gasteiger partial charge on any atom is -0.461 e. The summed E-state index contributed by atoms with van der Waals surface area (Å²) in [5.41, 5.74) is 6.48. The van der Waals surface area contributed by atoms with E-state index in [4.69, 9.17) is 9.47 Å². The van der Waals surface area contributed by atoms with Crippen LogP contribution in [0.4, 0.5) is 0 Å². The van der Waals surface area contributed by atoms with Crippen LogP contribution < -0.4 is 0 Å². The molecule has 1 heterocycles. The first-order chi connectivity index (χ1) is 15.1. The molecule has 1 aliphatic heterocycles. The molecule has 1 atom stereocenters. The van der Waals surface area contributed by atoms with E-state index in [-0.39, 0.29) is 19.2 Å². The molecule has 0 aromatic carbocycles. The van der Waals surface area contributed by atoms with Crippen molar-refractivity contribution in [1.29, 1.82) is 0 Å². The van der Waals surface area contributed by atoms with E-state index in [1.807, 2.05) is 6.08 Å². The molecule has 178 valence electrons. The molecular weight excluding hydrogens is 404 g/mol. The topological polar surface area (TPSA) is 72.8 Å². The van der Waals surface area contributed by atoms with E-state index in [2.05, 4.69) is 33.8 Å². The van der Waals surface area contributed by atoms with Crippen LogP contribution in [0.2, 0.25) is 0 Å². The lowest BCUT2D eigenvalue weighted by Crippen LogP contribution is -2.20. The monoisotopic (exact) mass is 444 g/mol. The van der Waals surface area contributed by atoms with Crippen molar-refractivity contribution >= 4 is 11.9 Å². The molecule has 5 nitrogen and oxygen atoms in total. The van der Waals surface area contributed by atoms with Crippen LogP contribution in [0.1, 0.15) is 86.0 Å². The summed E-state index contributed by atoms with van der Waals surface area (Å²) in [7, 11) is 0. The van der Waals surface area contributed by atoms with Crippen LogP contribution in [0.5, 0.6) is 0 Å². The molecule has 0 unspecified atom stereocenters. The number of carbonyl (C=O) groups excluding carboxylic acids is 2. The van der Waals surface area contributed by atoms with Crippen molar-refractivity contribution in [3.8, 4) is 0 Å². The molecule has 2 rings (SSSR count). The van der Waals surface area contributed by atoms with Gasteiger partial charge in [0, 0.05) is 25.0 Å². The van der Waals surface area contributed by atoms with Gasteiger partial charge in [-0.2, -0.15) is 0 Å². The fourth-order valence-electron chi connectivity index (χ4n) is 4.70. The lowest BCUT2D eigenvalue weighted by molar-refractivity contribution is -0.140. The summed E-state index contributed by atoms with van der Waals surface area (Å²) >= 11 is 0.